The molecule has 1 aliphatic heterocycles. The second-order valence-electron chi connectivity index (χ2n) is 5.12. The van der Waals surface area contributed by atoms with Crippen molar-refractivity contribution in [1.82, 2.24) is 10.2 Å². The smallest absolute Gasteiger partial charge is 0.193 e. The maximum Gasteiger partial charge on any atom is 0.193 e. The lowest BCUT2D eigenvalue weighted by Gasteiger charge is -2.24. The van der Waals surface area contributed by atoms with Crippen molar-refractivity contribution < 1.29 is 4.74 Å². The summed E-state index contributed by atoms with van der Waals surface area (Å²) in [6.07, 6.45) is 2.46. The Balaban J connectivity index is 1.78. The van der Waals surface area contributed by atoms with E-state index in [1.165, 1.54) is 12.8 Å². The Morgan fingerprint density at radius 2 is 2.31 bits per heavy atom. The van der Waals surface area contributed by atoms with Crippen LogP contribution in [-0.4, -0.2) is 50.8 Å². The minimum atomic E-state index is 0.640. The summed E-state index contributed by atoms with van der Waals surface area (Å²) in [5.41, 5.74) is 0. The molecule has 4 heteroatoms. The highest BCUT2D eigenvalue weighted by Crippen LogP contribution is 2.29. The summed E-state index contributed by atoms with van der Waals surface area (Å²) in [6, 6.07) is 0.640. The molecule has 2 fully saturated rings. The summed E-state index contributed by atoms with van der Waals surface area (Å²) < 4.78 is 5.39. The molecule has 0 spiro atoms. The van der Waals surface area contributed by atoms with Crippen molar-refractivity contribution in [2.75, 3.05) is 33.9 Å². The quantitative estimate of drug-likeness (QED) is 0.573. The van der Waals surface area contributed by atoms with Crippen molar-refractivity contribution in [1.29, 1.82) is 0 Å². The van der Waals surface area contributed by atoms with E-state index in [4.69, 9.17) is 4.74 Å². The standard InChI is InChI=1S/C12H23N3O/c1-9-6-11(9)14-12(13-2)15(3)7-10-4-5-16-8-10/h9-11H,4-8H2,1-3H3,(H,13,14). The van der Waals surface area contributed by atoms with E-state index < -0.39 is 0 Å². The number of aliphatic imine (C=N–C) groups is 1. The zero-order valence-corrected chi connectivity index (χ0v) is 10.6. The molecule has 0 aromatic heterocycles. The average molecular weight is 225 g/mol. The van der Waals surface area contributed by atoms with Crippen LogP contribution in [0.2, 0.25) is 0 Å². The number of hydrogen-bond donors (Lipinski definition) is 1. The van der Waals surface area contributed by atoms with Gasteiger partial charge in [0.15, 0.2) is 5.96 Å². The van der Waals surface area contributed by atoms with Gasteiger partial charge < -0.3 is 15.0 Å². The monoisotopic (exact) mass is 225 g/mol. The Morgan fingerprint density at radius 3 is 2.81 bits per heavy atom. The molecule has 1 aliphatic carbocycles. The third-order valence-corrected chi connectivity index (χ3v) is 3.55. The molecule has 4 nitrogen and oxygen atoms in total. The van der Waals surface area contributed by atoms with Crippen molar-refractivity contribution >= 4 is 5.96 Å². The maximum absolute atomic E-state index is 5.39. The minimum absolute atomic E-state index is 0.640. The molecule has 1 saturated carbocycles. The van der Waals surface area contributed by atoms with Gasteiger partial charge >= 0.3 is 0 Å². The molecule has 2 aliphatic rings. The molecule has 3 unspecified atom stereocenters. The van der Waals surface area contributed by atoms with Crippen LogP contribution in [0.4, 0.5) is 0 Å². The van der Waals surface area contributed by atoms with Crippen LogP contribution >= 0.6 is 0 Å². The van der Waals surface area contributed by atoms with Crippen LogP contribution in [0.15, 0.2) is 4.99 Å². The fraction of sp³-hybridized carbons (Fsp3) is 0.917. The van der Waals surface area contributed by atoms with E-state index in [2.05, 4.69) is 29.2 Å². The Kier molecular flexibility index (Phi) is 3.69. The highest BCUT2D eigenvalue weighted by atomic mass is 16.5. The largest absolute Gasteiger partial charge is 0.381 e. The van der Waals surface area contributed by atoms with Gasteiger partial charge in [-0.3, -0.25) is 4.99 Å². The van der Waals surface area contributed by atoms with Crippen LogP contribution in [0.3, 0.4) is 0 Å². The Hall–Kier alpha value is -0.770. The van der Waals surface area contributed by atoms with Crippen LogP contribution in [-0.2, 0) is 4.74 Å². The number of ether oxygens (including phenoxy) is 1. The Morgan fingerprint density at radius 1 is 1.56 bits per heavy atom. The minimum Gasteiger partial charge on any atom is -0.381 e. The van der Waals surface area contributed by atoms with Gasteiger partial charge in [-0.25, -0.2) is 0 Å². The lowest BCUT2D eigenvalue weighted by Crippen LogP contribution is -2.42. The van der Waals surface area contributed by atoms with E-state index in [1.54, 1.807) is 0 Å². The van der Waals surface area contributed by atoms with Crippen molar-refractivity contribution in [2.24, 2.45) is 16.8 Å². The van der Waals surface area contributed by atoms with Gasteiger partial charge in [0, 0.05) is 39.2 Å². The van der Waals surface area contributed by atoms with Gasteiger partial charge in [-0.15, -0.1) is 0 Å². The number of hydrogen-bond acceptors (Lipinski definition) is 2. The Labute approximate surface area is 98.1 Å². The predicted octanol–water partition coefficient (Wildman–Crippen LogP) is 0.938. The molecule has 1 heterocycles. The second kappa shape index (κ2) is 5.04. The first-order chi connectivity index (χ1) is 7.70. The summed E-state index contributed by atoms with van der Waals surface area (Å²) in [6.45, 7) is 5.14. The molecule has 1 N–H and O–H groups in total. The SMILES string of the molecule is CN=C(NC1CC1C)N(C)CC1CCOC1. The average Bonchev–Trinajstić information content (AvgIpc) is 2.76. The van der Waals surface area contributed by atoms with Crippen molar-refractivity contribution in [3.8, 4) is 0 Å². The molecule has 3 atom stereocenters. The molecule has 0 radical (unpaired) electrons. The molecular formula is C12H23N3O. The van der Waals surface area contributed by atoms with Gasteiger partial charge in [-0.05, 0) is 18.8 Å². The van der Waals surface area contributed by atoms with E-state index in [-0.39, 0.29) is 0 Å². The zero-order valence-electron chi connectivity index (χ0n) is 10.6. The number of nitrogens with zero attached hydrogens (tertiary/aromatic N) is 2. The van der Waals surface area contributed by atoms with Crippen LogP contribution < -0.4 is 5.32 Å². The summed E-state index contributed by atoms with van der Waals surface area (Å²) in [5, 5.41) is 3.50. The van der Waals surface area contributed by atoms with Gasteiger partial charge in [0.05, 0.1) is 6.61 Å². The molecule has 92 valence electrons. The fourth-order valence-corrected chi connectivity index (χ4v) is 2.24. The molecule has 0 aromatic rings. The normalized spacial score (nSPS) is 33.9. The molecule has 2 rings (SSSR count). The first-order valence-electron chi connectivity index (χ1n) is 6.23. The summed E-state index contributed by atoms with van der Waals surface area (Å²) >= 11 is 0. The van der Waals surface area contributed by atoms with Crippen LogP contribution in [0.1, 0.15) is 19.8 Å². The van der Waals surface area contributed by atoms with Gasteiger partial charge in [-0.2, -0.15) is 0 Å². The highest BCUT2D eigenvalue weighted by molar-refractivity contribution is 5.80. The summed E-state index contributed by atoms with van der Waals surface area (Å²) in [4.78, 5) is 6.56. The predicted molar refractivity (Wildman–Crippen MR) is 65.6 cm³/mol. The first kappa shape index (κ1) is 11.7. The summed E-state index contributed by atoms with van der Waals surface area (Å²) in [5.74, 6) is 2.50. The van der Waals surface area contributed by atoms with E-state index in [0.29, 0.717) is 12.0 Å². The molecule has 16 heavy (non-hydrogen) atoms. The van der Waals surface area contributed by atoms with E-state index in [1.807, 2.05) is 7.05 Å². The third-order valence-electron chi connectivity index (χ3n) is 3.55. The van der Waals surface area contributed by atoms with Gasteiger partial charge in [0.1, 0.15) is 0 Å². The summed E-state index contributed by atoms with van der Waals surface area (Å²) in [7, 11) is 3.97. The highest BCUT2D eigenvalue weighted by Gasteiger charge is 2.34. The second-order valence-corrected chi connectivity index (χ2v) is 5.12. The zero-order chi connectivity index (χ0) is 11.5. The van der Waals surface area contributed by atoms with Crippen molar-refractivity contribution in [2.45, 2.75) is 25.8 Å². The van der Waals surface area contributed by atoms with E-state index in [0.717, 1.165) is 31.6 Å². The topological polar surface area (TPSA) is 36.9 Å². The maximum atomic E-state index is 5.39. The fourth-order valence-electron chi connectivity index (χ4n) is 2.24. The van der Waals surface area contributed by atoms with Crippen LogP contribution in [0, 0.1) is 11.8 Å². The van der Waals surface area contributed by atoms with Crippen molar-refractivity contribution in [3.63, 3.8) is 0 Å². The lowest BCUT2D eigenvalue weighted by atomic mass is 10.1. The molecule has 1 saturated heterocycles. The number of guanidine groups is 1. The molecular weight excluding hydrogens is 202 g/mol. The third kappa shape index (κ3) is 2.88. The van der Waals surface area contributed by atoms with E-state index >= 15 is 0 Å². The lowest BCUT2D eigenvalue weighted by molar-refractivity contribution is 0.181. The number of nitrogens with one attached hydrogen (secondary N) is 1. The molecule has 0 bridgehead atoms. The van der Waals surface area contributed by atoms with Crippen molar-refractivity contribution in [3.05, 3.63) is 0 Å². The number of rotatable bonds is 3. The van der Waals surface area contributed by atoms with Crippen LogP contribution in [0.5, 0.6) is 0 Å². The van der Waals surface area contributed by atoms with E-state index in [9.17, 15) is 0 Å². The molecule has 0 amide bonds. The first-order valence-corrected chi connectivity index (χ1v) is 6.23. The van der Waals surface area contributed by atoms with Gasteiger partial charge in [0.2, 0.25) is 0 Å². The van der Waals surface area contributed by atoms with Crippen LogP contribution in [0.25, 0.3) is 0 Å². The van der Waals surface area contributed by atoms with Gasteiger partial charge in [0.25, 0.3) is 0 Å². The van der Waals surface area contributed by atoms with Gasteiger partial charge in [-0.1, -0.05) is 6.92 Å². The molecule has 0 aromatic carbocycles. The Bertz CT molecular complexity index is 261.